The Morgan fingerprint density at radius 2 is 1.82 bits per heavy atom. The summed E-state index contributed by atoms with van der Waals surface area (Å²) < 4.78 is 5.13. The maximum Gasteiger partial charge on any atom is 0.119 e. The third kappa shape index (κ3) is 3.63. The Hall–Kier alpha value is -1.22. The van der Waals surface area contributed by atoms with E-state index >= 15 is 0 Å². The van der Waals surface area contributed by atoms with E-state index in [2.05, 4.69) is 17.4 Å². The minimum Gasteiger partial charge on any atom is -0.497 e. The van der Waals surface area contributed by atoms with Crippen molar-refractivity contribution in [1.29, 1.82) is 0 Å². The molecule has 1 fully saturated rings. The summed E-state index contributed by atoms with van der Waals surface area (Å²) in [6.07, 6.45) is 4.86. The van der Waals surface area contributed by atoms with Crippen LogP contribution in [-0.4, -0.2) is 19.7 Å². The van der Waals surface area contributed by atoms with Crippen LogP contribution in [0.3, 0.4) is 0 Å². The standard InChI is InChI=1S/C14H22N2O/c1-17-14-8-6-13(7-9-14)16-10-11-2-4-12(15)5-3-11/h6-9,11-12,16H,2-5,10,15H2,1H3/t11-,12-. The molecule has 2 rings (SSSR count). The summed E-state index contributed by atoms with van der Waals surface area (Å²) >= 11 is 0. The summed E-state index contributed by atoms with van der Waals surface area (Å²) in [5.74, 6) is 1.68. The molecule has 0 radical (unpaired) electrons. The lowest BCUT2D eigenvalue weighted by Gasteiger charge is -2.26. The minimum atomic E-state index is 0.437. The fraction of sp³-hybridized carbons (Fsp3) is 0.571. The van der Waals surface area contributed by atoms with E-state index in [4.69, 9.17) is 10.5 Å². The summed E-state index contributed by atoms with van der Waals surface area (Å²) in [5.41, 5.74) is 7.07. The second-order valence-corrected chi connectivity index (χ2v) is 4.89. The molecule has 0 bridgehead atoms. The molecule has 0 atom stereocenters. The second kappa shape index (κ2) is 5.92. The number of anilines is 1. The molecule has 3 N–H and O–H groups in total. The molecule has 0 heterocycles. The molecule has 0 aromatic heterocycles. The molecule has 1 aliphatic rings. The molecular weight excluding hydrogens is 212 g/mol. The first-order valence-corrected chi connectivity index (χ1v) is 6.41. The van der Waals surface area contributed by atoms with Crippen LogP contribution >= 0.6 is 0 Å². The molecule has 1 aromatic carbocycles. The van der Waals surface area contributed by atoms with E-state index in [0.717, 1.165) is 18.2 Å². The average molecular weight is 234 g/mol. The molecule has 94 valence electrons. The van der Waals surface area contributed by atoms with Gasteiger partial charge in [-0.05, 0) is 55.9 Å². The van der Waals surface area contributed by atoms with Crippen molar-refractivity contribution in [2.75, 3.05) is 19.0 Å². The van der Waals surface area contributed by atoms with Crippen LogP contribution in [0.1, 0.15) is 25.7 Å². The third-order valence-electron chi connectivity index (χ3n) is 3.58. The van der Waals surface area contributed by atoms with Crippen LogP contribution in [0.4, 0.5) is 5.69 Å². The number of nitrogens with two attached hydrogens (primary N) is 1. The zero-order valence-electron chi connectivity index (χ0n) is 10.5. The smallest absolute Gasteiger partial charge is 0.119 e. The van der Waals surface area contributed by atoms with Crippen LogP contribution < -0.4 is 15.8 Å². The van der Waals surface area contributed by atoms with Crippen LogP contribution in [0.25, 0.3) is 0 Å². The van der Waals surface area contributed by atoms with E-state index in [-0.39, 0.29) is 0 Å². The van der Waals surface area contributed by atoms with Gasteiger partial charge in [-0.1, -0.05) is 0 Å². The maximum absolute atomic E-state index is 5.90. The van der Waals surface area contributed by atoms with E-state index in [1.807, 2.05) is 12.1 Å². The van der Waals surface area contributed by atoms with Gasteiger partial charge in [0, 0.05) is 18.3 Å². The Balaban J connectivity index is 1.77. The van der Waals surface area contributed by atoms with Crippen molar-refractivity contribution in [2.24, 2.45) is 11.7 Å². The number of hydrogen-bond donors (Lipinski definition) is 2. The van der Waals surface area contributed by atoms with Gasteiger partial charge in [0.15, 0.2) is 0 Å². The molecule has 3 nitrogen and oxygen atoms in total. The van der Waals surface area contributed by atoms with Gasteiger partial charge in [-0.3, -0.25) is 0 Å². The van der Waals surface area contributed by atoms with Crippen LogP contribution in [0.15, 0.2) is 24.3 Å². The summed E-state index contributed by atoms with van der Waals surface area (Å²) in [6, 6.07) is 8.53. The van der Waals surface area contributed by atoms with Crippen molar-refractivity contribution in [3.05, 3.63) is 24.3 Å². The van der Waals surface area contributed by atoms with Crippen molar-refractivity contribution in [3.8, 4) is 5.75 Å². The van der Waals surface area contributed by atoms with Gasteiger partial charge in [0.05, 0.1) is 7.11 Å². The summed E-state index contributed by atoms with van der Waals surface area (Å²) in [4.78, 5) is 0. The van der Waals surface area contributed by atoms with Gasteiger partial charge in [-0.2, -0.15) is 0 Å². The highest BCUT2D eigenvalue weighted by atomic mass is 16.5. The predicted molar refractivity (Wildman–Crippen MR) is 71.4 cm³/mol. The van der Waals surface area contributed by atoms with Crippen molar-refractivity contribution in [2.45, 2.75) is 31.7 Å². The fourth-order valence-corrected chi connectivity index (χ4v) is 2.36. The zero-order valence-corrected chi connectivity index (χ0v) is 10.5. The molecule has 1 aliphatic carbocycles. The van der Waals surface area contributed by atoms with E-state index < -0.39 is 0 Å². The first kappa shape index (κ1) is 12.2. The van der Waals surface area contributed by atoms with Gasteiger partial charge in [0.1, 0.15) is 5.75 Å². The Morgan fingerprint density at radius 3 is 2.41 bits per heavy atom. The number of rotatable bonds is 4. The van der Waals surface area contributed by atoms with E-state index in [0.29, 0.717) is 6.04 Å². The van der Waals surface area contributed by atoms with Gasteiger partial charge in [0.25, 0.3) is 0 Å². The maximum atomic E-state index is 5.90. The summed E-state index contributed by atoms with van der Waals surface area (Å²) in [5, 5.41) is 3.48. The van der Waals surface area contributed by atoms with E-state index in [9.17, 15) is 0 Å². The Bertz CT molecular complexity index is 329. The van der Waals surface area contributed by atoms with E-state index in [1.165, 1.54) is 31.4 Å². The van der Waals surface area contributed by atoms with Gasteiger partial charge < -0.3 is 15.8 Å². The van der Waals surface area contributed by atoms with Crippen LogP contribution in [0, 0.1) is 5.92 Å². The number of benzene rings is 1. The lowest BCUT2D eigenvalue weighted by atomic mass is 9.86. The van der Waals surface area contributed by atoms with Gasteiger partial charge in [-0.15, -0.1) is 0 Å². The van der Waals surface area contributed by atoms with E-state index in [1.54, 1.807) is 7.11 Å². The lowest BCUT2D eigenvalue weighted by molar-refractivity contribution is 0.339. The number of methoxy groups -OCH3 is 1. The van der Waals surface area contributed by atoms with Crippen molar-refractivity contribution < 1.29 is 4.74 Å². The quantitative estimate of drug-likeness (QED) is 0.842. The van der Waals surface area contributed by atoms with Crippen molar-refractivity contribution in [3.63, 3.8) is 0 Å². The van der Waals surface area contributed by atoms with Gasteiger partial charge >= 0.3 is 0 Å². The fourth-order valence-electron chi connectivity index (χ4n) is 2.36. The van der Waals surface area contributed by atoms with Crippen LogP contribution in [0.2, 0.25) is 0 Å². The Kier molecular flexibility index (Phi) is 4.26. The largest absolute Gasteiger partial charge is 0.497 e. The lowest BCUT2D eigenvalue weighted by Crippen LogP contribution is -2.29. The molecule has 0 unspecified atom stereocenters. The monoisotopic (exact) mass is 234 g/mol. The molecule has 0 saturated heterocycles. The highest BCUT2D eigenvalue weighted by Crippen LogP contribution is 2.24. The number of hydrogen-bond acceptors (Lipinski definition) is 3. The predicted octanol–water partition coefficient (Wildman–Crippen LogP) is 2.62. The molecule has 0 aliphatic heterocycles. The highest BCUT2D eigenvalue weighted by Gasteiger charge is 2.17. The Labute approximate surface area is 103 Å². The number of nitrogens with one attached hydrogen (secondary N) is 1. The topological polar surface area (TPSA) is 47.3 Å². The first-order chi connectivity index (χ1) is 8.28. The van der Waals surface area contributed by atoms with Gasteiger partial charge in [-0.25, -0.2) is 0 Å². The molecule has 3 heteroatoms. The molecule has 17 heavy (non-hydrogen) atoms. The zero-order chi connectivity index (χ0) is 12.1. The van der Waals surface area contributed by atoms with Crippen LogP contribution in [-0.2, 0) is 0 Å². The Morgan fingerprint density at radius 1 is 1.18 bits per heavy atom. The van der Waals surface area contributed by atoms with Crippen molar-refractivity contribution >= 4 is 5.69 Å². The SMILES string of the molecule is COc1ccc(NC[C@H]2CC[C@H](N)CC2)cc1. The second-order valence-electron chi connectivity index (χ2n) is 4.89. The minimum absolute atomic E-state index is 0.437. The first-order valence-electron chi connectivity index (χ1n) is 6.41. The third-order valence-corrected chi connectivity index (χ3v) is 3.58. The average Bonchev–Trinajstić information content (AvgIpc) is 2.39. The van der Waals surface area contributed by atoms with Gasteiger partial charge in [0.2, 0.25) is 0 Å². The molecule has 0 amide bonds. The summed E-state index contributed by atoms with van der Waals surface area (Å²) in [6.45, 7) is 1.05. The normalized spacial score (nSPS) is 24.4. The molecule has 0 spiro atoms. The highest BCUT2D eigenvalue weighted by molar-refractivity contribution is 5.46. The molecule has 1 aromatic rings. The number of ether oxygens (including phenoxy) is 1. The summed E-state index contributed by atoms with van der Waals surface area (Å²) in [7, 11) is 1.69. The molecular formula is C14H22N2O. The van der Waals surface area contributed by atoms with Crippen LogP contribution in [0.5, 0.6) is 5.75 Å². The molecule has 1 saturated carbocycles. The van der Waals surface area contributed by atoms with Crippen molar-refractivity contribution in [1.82, 2.24) is 0 Å².